The Morgan fingerprint density at radius 1 is 1.28 bits per heavy atom. The highest BCUT2D eigenvalue weighted by atomic mass is 16.3. The summed E-state index contributed by atoms with van der Waals surface area (Å²) in [7, 11) is 0. The molecule has 2 unspecified atom stereocenters. The van der Waals surface area contributed by atoms with Gasteiger partial charge in [-0.1, -0.05) is 24.3 Å². The van der Waals surface area contributed by atoms with E-state index in [1.807, 2.05) is 0 Å². The standard InChI is InChI=1S/C15H20N2O/c18-15(7-8-17(10-15)12-5-6-12)14-13-4-2-1-3-11(13)9-16-14/h1-4,12,14,16,18H,5-10H2. The van der Waals surface area contributed by atoms with E-state index in [0.29, 0.717) is 0 Å². The molecule has 2 fully saturated rings. The highest BCUT2D eigenvalue weighted by molar-refractivity contribution is 5.36. The summed E-state index contributed by atoms with van der Waals surface area (Å²) >= 11 is 0. The average Bonchev–Trinajstić information content (AvgIpc) is 3.01. The van der Waals surface area contributed by atoms with Gasteiger partial charge in [0.25, 0.3) is 0 Å². The first-order valence-corrected chi connectivity index (χ1v) is 7.04. The van der Waals surface area contributed by atoms with Crippen molar-refractivity contribution in [3.63, 3.8) is 0 Å². The van der Waals surface area contributed by atoms with Crippen LogP contribution in [0.15, 0.2) is 24.3 Å². The summed E-state index contributed by atoms with van der Waals surface area (Å²) in [5.41, 5.74) is 2.08. The fourth-order valence-corrected chi connectivity index (χ4v) is 3.61. The smallest absolute Gasteiger partial charge is 0.0980 e. The van der Waals surface area contributed by atoms with Crippen molar-refractivity contribution in [2.75, 3.05) is 13.1 Å². The number of rotatable bonds is 2. The highest BCUT2D eigenvalue weighted by Crippen LogP contribution is 2.41. The van der Waals surface area contributed by atoms with Crippen LogP contribution in [0, 0.1) is 0 Å². The third kappa shape index (κ3) is 1.62. The van der Waals surface area contributed by atoms with E-state index in [1.165, 1.54) is 24.0 Å². The van der Waals surface area contributed by atoms with E-state index < -0.39 is 5.60 Å². The quantitative estimate of drug-likeness (QED) is 0.826. The summed E-state index contributed by atoms with van der Waals surface area (Å²) in [6.07, 6.45) is 3.55. The Morgan fingerprint density at radius 2 is 2.11 bits per heavy atom. The molecule has 1 saturated carbocycles. The summed E-state index contributed by atoms with van der Waals surface area (Å²) in [4.78, 5) is 2.47. The molecule has 1 aromatic carbocycles. The maximum atomic E-state index is 11.0. The molecule has 2 atom stereocenters. The number of nitrogens with zero attached hydrogens (tertiary/aromatic N) is 1. The molecule has 3 heteroatoms. The minimum absolute atomic E-state index is 0.123. The van der Waals surface area contributed by atoms with Crippen molar-refractivity contribution < 1.29 is 5.11 Å². The number of likely N-dealkylation sites (tertiary alicyclic amines) is 1. The van der Waals surface area contributed by atoms with Crippen LogP contribution in [0.3, 0.4) is 0 Å². The van der Waals surface area contributed by atoms with Gasteiger partial charge in [-0.25, -0.2) is 0 Å². The van der Waals surface area contributed by atoms with Gasteiger partial charge in [-0.3, -0.25) is 4.90 Å². The Hall–Kier alpha value is -0.900. The lowest BCUT2D eigenvalue weighted by Gasteiger charge is -2.31. The molecule has 0 radical (unpaired) electrons. The monoisotopic (exact) mass is 244 g/mol. The number of benzene rings is 1. The zero-order valence-electron chi connectivity index (χ0n) is 10.6. The van der Waals surface area contributed by atoms with Gasteiger partial charge in [0.15, 0.2) is 0 Å². The summed E-state index contributed by atoms with van der Waals surface area (Å²) in [5, 5.41) is 14.5. The van der Waals surface area contributed by atoms with E-state index in [1.54, 1.807) is 0 Å². The number of β-amino-alcohol motifs (C(OH)–C–C–N with tert-alkyl or cyclic N) is 1. The van der Waals surface area contributed by atoms with E-state index in [9.17, 15) is 5.11 Å². The zero-order valence-corrected chi connectivity index (χ0v) is 10.6. The number of hydrogen-bond donors (Lipinski definition) is 2. The lowest BCUT2D eigenvalue weighted by molar-refractivity contribution is 0.0123. The van der Waals surface area contributed by atoms with Gasteiger partial charge in [-0.05, 0) is 30.4 Å². The van der Waals surface area contributed by atoms with Crippen molar-refractivity contribution in [1.29, 1.82) is 0 Å². The summed E-state index contributed by atoms with van der Waals surface area (Å²) < 4.78 is 0. The van der Waals surface area contributed by atoms with Gasteiger partial charge in [-0.15, -0.1) is 0 Å². The van der Waals surface area contributed by atoms with E-state index in [-0.39, 0.29) is 6.04 Å². The molecule has 3 aliphatic rings. The fourth-order valence-electron chi connectivity index (χ4n) is 3.61. The second-order valence-corrected chi connectivity index (χ2v) is 6.07. The van der Waals surface area contributed by atoms with E-state index in [2.05, 4.69) is 34.5 Å². The van der Waals surface area contributed by atoms with Gasteiger partial charge in [0.2, 0.25) is 0 Å². The summed E-state index contributed by atoms with van der Waals surface area (Å²) in [5.74, 6) is 0. The Kier molecular flexibility index (Phi) is 2.31. The van der Waals surface area contributed by atoms with Crippen LogP contribution in [0.25, 0.3) is 0 Å². The average molecular weight is 244 g/mol. The van der Waals surface area contributed by atoms with Gasteiger partial charge in [-0.2, -0.15) is 0 Å². The Bertz CT molecular complexity index is 471. The molecule has 1 aliphatic carbocycles. The second kappa shape index (κ2) is 3.80. The predicted octanol–water partition coefficient (Wildman–Crippen LogP) is 1.43. The molecule has 4 rings (SSSR count). The molecule has 96 valence electrons. The van der Waals surface area contributed by atoms with Gasteiger partial charge in [0, 0.05) is 25.7 Å². The van der Waals surface area contributed by atoms with E-state index in [4.69, 9.17) is 0 Å². The number of hydrogen-bond acceptors (Lipinski definition) is 3. The van der Waals surface area contributed by atoms with Gasteiger partial charge >= 0.3 is 0 Å². The number of fused-ring (bicyclic) bond motifs is 1. The van der Waals surface area contributed by atoms with Crippen molar-refractivity contribution in [2.24, 2.45) is 0 Å². The summed E-state index contributed by atoms with van der Waals surface area (Å²) in [6, 6.07) is 9.37. The SMILES string of the molecule is OC1(C2NCc3ccccc32)CCN(C2CC2)C1. The summed E-state index contributed by atoms with van der Waals surface area (Å²) in [6.45, 7) is 2.79. The first-order chi connectivity index (χ1) is 8.76. The lowest BCUT2D eigenvalue weighted by atomic mass is 9.88. The minimum Gasteiger partial charge on any atom is -0.387 e. The van der Waals surface area contributed by atoms with Crippen molar-refractivity contribution in [2.45, 2.75) is 43.5 Å². The fraction of sp³-hybridized carbons (Fsp3) is 0.600. The first-order valence-electron chi connectivity index (χ1n) is 7.04. The highest BCUT2D eigenvalue weighted by Gasteiger charge is 2.48. The normalized spacial score (nSPS) is 35.9. The Labute approximate surface area is 108 Å². The van der Waals surface area contributed by atoms with E-state index in [0.717, 1.165) is 32.1 Å². The molecule has 0 spiro atoms. The topological polar surface area (TPSA) is 35.5 Å². The molecule has 0 bridgehead atoms. The molecule has 2 heterocycles. The zero-order chi connectivity index (χ0) is 12.2. The molecular weight excluding hydrogens is 224 g/mol. The van der Waals surface area contributed by atoms with Crippen LogP contribution in [0.1, 0.15) is 36.4 Å². The maximum absolute atomic E-state index is 11.0. The maximum Gasteiger partial charge on any atom is 0.0980 e. The number of nitrogens with one attached hydrogen (secondary N) is 1. The molecule has 1 aromatic rings. The molecule has 0 amide bonds. The van der Waals surface area contributed by atoms with Crippen molar-refractivity contribution in [3.8, 4) is 0 Å². The molecule has 1 saturated heterocycles. The number of aliphatic hydroxyl groups is 1. The largest absolute Gasteiger partial charge is 0.387 e. The van der Waals surface area contributed by atoms with Gasteiger partial charge in [0.05, 0.1) is 11.6 Å². The Balaban J connectivity index is 1.60. The van der Waals surface area contributed by atoms with Crippen LogP contribution in [0.2, 0.25) is 0 Å². The third-order valence-electron chi connectivity index (χ3n) is 4.77. The molecule has 3 nitrogen and oxygen atoms in total. The predicted molar refractivity (Wildman–Crippen MR) is 70.2 cm³/mol. The molecule has 2 N–H and O–H groups in total. The van der Waals surface area contributed by atoms with Crippen LogP contribution in [-0.2, 0) is 6.54 Å². The third-order valence-corrected chi connectivity index (χ3v) is 4.77. The van der Waals surface area contributed by atoms with Crippen LogP contribution in [0.5, 0.6) is 0 Å². The molecule has 0 aromatic heterocycles. The van der Waals surface area contributed by atoms with Gasteiger partial charge < -0.3 is 10.4 Å². The van der Waals surface area contributed by atoms with Crippen molar-refractivity contribution >= 4 is 0 Å². The van der Waals surface area contributed by atoms with Crippen LogP contribution < -0.4 is 5.32 Å². The lowest BCUT2D eigenvalue weighted by Crippen LogP contribution is -2.43. The van der Waals surface area contributed by atoms with Crippen molar-refractivity contribution in [3.05, 3.63) is 35.4 Å². The van der Waals surface area contributed by atoms with Crippen LogP contribution >= 0.6 is 0 Å². The van der Waals surface area contributed by atoms with Crippen LogP contribution in [-0.4, -0.2) is 34.7 Å². The molecular formula is C15H20N2O. The first kappa shape index (κ1) is 11.0. The van der Waals surface area contributed by atoms with Gasteiger partial charge in [0.1, 0.15) is 0 Å². The molecule has 18 heavy (non-hydrogen) atoms. The molecule has 2 aliphatic heterocycles. The second-order valence-electron chi connectivity index (χ2n) is 6.07. The van der Waals surface area contributed by atoms with E-state index >= 15 is 0 Å². The Morgan fingerprint density at radius 3 is 2.94 bits per heavy atom. The minimum atomic E-state index is -0.574. The van der Waals surface area contributed by atoms with Crippen LogP contribution in [0.4, 0.5) is 0 Å². The van der Waals surface area contributed by atoms with Crippen molar-refractivity contribution in [1.82, 2.24) is 10.2 Å².